The van der Waals surface area contributed by atoms with Crippen LogP contribution in [-0.4, -0.2) is 20.7 Å². The minimum atomic E-state index is -0.171. The first-order valence-corrected chi connectivity index (χ1v) is 10.9. The molecule has 0 aliphatic rings. The molecule has 1 amide bonds. The molecule has 0 saturated carbocycles. The summed E-state index contributed by atoms with van der Waals surface area (Å²) >= 11 is 1.66. The predicted molar refractivity (Wildman–Crippen MR) is 127 cm³/mol. The lowest BCUT2D eigenvalue weighted by Crippen LogP contribution is -2.07. The normalized spacial score (nSPS) is 11.0. The van der Waals surface area contributed by atoms with Crippen LogP contribution in [0.1, 0.15) is 11.1 Å². The van der Waals surface area contributed by atoms with Crippen molar-refractivity contribution in [2.24, 2.45) is 7.05 Å². The maximum absolute atomic E-state index is 12.2. The van der Waals surface area contributed by atoms with E-state index in [1.165, 1.54) is 11.6 Å². The first-order valence-electron chi connectivity index (χ1n) is 9.90. The van der Waals surface area contributed by atoms with Crippen LogP contribution < -0.4 is 5.32 Å². The third-order valence-electron chi connectivity index (χ3n) is 4.68. The van der Waals surface area contributed by atoms with Gasteiger partial charge in [0.25, 0.3) is 0 Å². The summed E-state index contributed by atoms with van der Waals surface area (Å²) < 4.78 is 1.99. The van der Waals surface area contributed by atoms with Crippen molar-refractivity contribution in [3.05, 3.63) is 102 Å². The number of benzene rings is 3. The van der Waals surface area contributed by atoms with Crippen molar-refractivity contribution in [1.82, 2.24) is 14.8 Å². The Labute approximate surface area is 185 Å². The van der Waals surface area contributed by atoms with Gasteiger partial charge in [0, 0.05) is 30.1 Å². The van der Waals surface area contributed by atoms with Gasteiger partial charge in [0.1, 0.15) is 0 Å². The third kappa shape index (κ3) is 5.49. The molecule has 0 aliphatic carbocycles. The highest BCUT2D eigenvalue weighted by Crippen LogP contribution is 2.26. The molecule has 0 unspecified atom stereocenters. The maximum Gasteiger partial charge on any atom is 0.248 e. The number of carbonyl (C=O) groups excluding carboxylic acids is 1. The lowest BCUT2D eigenvalue weighted by Gasteiger charge is -2.06. The molecule has 0 bridgehead atoms. The summed E-state index contributed by atoms with van der Waals surface area (Å²) in [6.07, 6.45) is 3.32. The summed E-state index contributed by atoms with van der Waals surface area (Å²) in [4.78, 5) is 12.2. The van der Waals surface area contributed by atoms with Gasteiger partial charge in [0.2, 0.25) is 5.91 Å². The van der Waals surface area contributed by atoms with Crippen LogP contribution in [0, 0.1) is 0 Å². The van der Waals surface area contributed by atoms with Crippen LogP contribution in [0.5, 0.6) is 0 Å². The van der Waals surface area contributed by atoms with E-state index in [1.807, 2.05) is 84.4 Å². The lowest BCUT2D eigenvalue weighted by molar-refractivity contribution is -0.111. The Balaban J connectivity index is 1.38. The smallest absolute Gasteiger partial charge is 0.248 e. The molecule has 0 atom stereocenters. The molecule has 0 saturated heterocycles. The second-order valence-corrected chi connectivity index (χ2v) is 7.89. The summed E-state index contributed by atoms with van der Waals surface area (Å²) in [5, 5.41) is 12.4. The number of nitrogens with zero attached hydrogens (tertiary/aromatic N) is 3. The number of amides is 1. The Bertz CT molecular complexity index is 1170. The molecule has 1 N–H and O–H groups in total. The number of aromatic nitrogens is 3. The van der Waals surface area contributed by atoms with E-state index in [9.17, 15) is 4.79 Å². The molecule has 3 aromatic carbocycles. The maximum atomic E-state index is 12.2. The Morgan fingerprint density at radius 1 is 0.935 bits per heavy atom. The fourth-order valence-electron chi connectivity index (χ4n) is 3.04. The van der Waals surface area contributed by atoms with Crippen molar-refractivity contribution in [3.8, 4) is 11.4 Å². The monoisotopic (exact) mass is 426 g/mol. The van der Waals surface area contributed by atoms with Crippen molar-refractivity contribution in [1.29, 1.82) is 0 Å². The average molecular weight is 427 g/mol. The topological polar surface area (TPSA) is 59.8 Å². The molecule has 6 heteroatoms. The van der Waals surface area contributed by atoms with Gasteiger partial charge in [-0.1, -0.05) is 72.4 Å². The predicted octanol–water partition coefficient (Wildman–Crippen LogP) is 5.43. The van der Waals surface area contributed by atoms with Gasteiger partial charge in [0.05, 0.1) is 0 Å². The van der Waals surface area contributed by atoms with Crippen molar-refractivity contribution in [2.75, 3.05) is 5.32 Å². The van der Waals surface area contributed by atoms with Gasteiger partial charge in [-0.05, 0) is 41.5 Å². The van der Waals surface area contributed by atoms with Crippen molar-refractivity contribution in [3.63, 3.8) is 0 Å². The summed E-state index contributed by atoms with van der Waals surface area (Å²) in [6, 6.07) is 27.6. The molecule has 31 heavy (non-hydrogen) atoms. The molecule has 1 aromatic heterocycles. The molecule has 0 fully saturated rings. The van der Waals surface area contributed by atoms with Gasteiger partial charge in [-0.3, -0.25) is 4.79 Å². The second-order valence-electron chi connectivity index (χ2n) is 6.95. The van der Waals surface area contributed by atoms with E-state index < -0.39 is 0 Å². The van der Waals surface area contributed by atoms with Crippen LogP contribution >= 0.6 is 11.8 Å². The molecular weight excluding hydrogens is 404 g/mol. The van der Waals surface area contributed by atoms with E-state index in [-0.39, 0.29) is 5.91 Å². The number of hydrogen-bond donors (Lipinski definition) is 1. The Hall–Kier alpha value is -3.64. The number of anilines is 1. The largest absolute Gasteiger partial charge is 0.323 e. The van der Waals surface area contributed by atoms with E-state index in [2.05, 4.69) is 27.6 Å². The zero-order valence-electron chi connectivity index (χ0n) is 17.1. The molecule has 1 heterocycles. The molecule has 4 rings (SSSR count). The molecular formula is C25H22N4OS. The number of thioether (sulfide) groups is 1. The van der Waals surface area contributed by atoms with Gasteiger partial charge in [-0.2, -0.15) is 0 Å². The average Bonchev–Trinajstić information content (AvgIpc) is 3.18. The minimum absolute atomic E-state index is 0.171. The number of hydrogen-bond acceptors (Lipinski definition) is 4. The fraction of sp³-hybridized carbons (Fsp3) is 0.0800. The number of rotatable bonds is 7. The molecule has 5 nitrogen and oxygen atoms in total. The van der Waals surface area contributed by atoms with Crippen molar-refractivity contribution in [2.45, 2.75) is 10.9 Å². The Morgan fingerprint density at radius 2 is 1.61 bits per heavy atom. The highest BCUT2D eigenvalue weighted by Gasteiger charge is 2.11. The van der Waals surface area contributed by atoms with Gasteiger partial charge in [-0.15, -0.1) is 10.2 Å². The Kier molecular flexibility index (Phi) is 6.59. The van der Waals surface area contributed by atoms with E-state index in [4.69, 9.17) is 0 Å². The SMILES string of the molecule is Cn1c(SCc2ccccc2)nnc1-c1ccc(NC(=O)/C=C/c2ccccc2)cc1. The summed E-state index contributed by atoms with van der Waals surface area (Å²) in [7, 11) is 1.97. The third-order valence-corrected chi connectivity index (χ3v) is 5.77. The van der Waals surface area contributed by atoms with Gasteiger partial charge in [-0.25, -0.2) is 0 Å². The quantitative estimate of drug-likeness (QED) is 0.316. The molecule has 4 aromatic rings. The van der Waals surface area contributed by atoms with Crippen molar-refractivity contribution < 1.29 is 4.79 Å². The van der Waals surface area contributed by atoms with Crippen LogP contribution in [-0.2, 0) is 17.6 Å². The van der Waals surface area contributed by atoms with Gasteiger partial charge in [0.15, 0.2) is 11.0 Å². The van der Waals surface area contributed by atoms with Crippen LogP contribution in [0.25, 0.3) is 17.5 Å². The number of carbonyl (C=O) groups is 1. The minimum Gasteiger partial charge on any atom is -0.323 e. The summed E-state index contributed by atoms with van der Waals surface area (Å²) in [5.41, 5.74) is 3.90. The molecule has 0 radical (unpaired) electrons. The zero-order chi connectivity index (χ0) is 21.5. The summed E-state index contributed by atoms with van der Waals surface area (Å²) in [5.74, 6) is 1.46. The van der Waals surface area contributed by atoms with Crippen LogP contribution in [0.4, 0.5) is 5.69 Å². The molecule has 0 aliphatic heterocycles. The van der Waals surface area contributed by atoms with E-state index in [0.717, 1.165) is 33.5 Å². The van der Waals surface area contributed by atoms with Crippen LogP contribution in [0.2, 0.25) is 0 Å². The van der Waals surface area contributed by atoms with Gasteiger partial charge >= 0.3 is 0 Å². The van der Waals surface area contributed by atoms with Crippen LogP contribution in [0.3, 0.4) is 0 Å². The standard InChI is InChI=1S/C25H22N4OS/c1-29-24(27-28-25(29)31-18-20-10-6-3-7-11-20)21-13-15-22(16-14-21)26-23(30)17-12-19-8-4-2-5-9-19/h2-17H,18H2,1H3,(H,26,30)/b17-12+. The van der Waals surface area contributed by atoms with E-state index in [1.54, 1.807) is 17.8 Å². The second kappa shape index (κ2) is 9.91. The Morgan fingerprint density at radius 3 is 2.32 bits per heavy atom. The zero-order valence-corrected chi connectivity index (χ0v) is 17.9. The van der Waals surface area contributed by atoms with Gasteiger partial charge < -0.3 is 9.88 Å². The molecule has 154 valence electrons. The van der Waals surface area contributed by atoms with Crippen LogP contribution in [0.15, 0.2) is 96.2 Å². The highest BCUT2D eigenvalue weighted by atomic mass is 32.2. The molecule has 0 spiro atoms. The fourth-order valence-corrected chi connectivity index (χ4v) is 3.90. The van der Waals surface area contributed by atoms with E-state index in [0.29, 0.717) is 0 Å². The first kappa shape index (κ1) is 20.6. The number of nitrogens with one attached hydrogen (secondary N) is 1. The highest BCUT2D eigenvalue weighted by molar-refractivity contribution is 7.98. The van der Waals surface area contributed by atoms with E-state index >= 15 is 0 Å². The first-order chi connectivity index (χ1) is 15.2. The lowest BCUT2D eigenvalue weighted by atomic mass is 10.2. The summed E-state index contributed by atoms with van der Waals surface area (Å²) in [6.45, 7) is 0. The van der Waals surface area contributed by atoms with Crippen molar-refractivity contribution >= 4 is 29.4 Å².